The molecule has 184 valence electrons. The van der Waals surface area contributed by atoms with Crippen LogP contribution in [-0.2, 0) is 11.2 Å². The molecular weight excluding hydrogens is 460 g/mol. The van der Waals surface area contributed by atoms with E-state index < -0.39 is 16.8 Å². The molecule has 1 aliphatic rings. The number of primary amides is 1. The number of rotatable bonds is 8. The number of nitrogens with zero attached hydrogens (tertiary/aromatic N) is 5. The number of anilines is 1. The van der Waals surface area contributed by atoms with Crippen molar-refractivity contribution < 1.29 is 9.90 Å². The second-order valence-corrected chi connectivity index (χ2v) is 10.4. The number of carbonyl (C=O) groups excluding carboxylic acids is 1. The number of nitrogens with two attached hydrogens (primary N) is 1. The quantitative estimate of drug-likeness (QED) is 0.538. The molecule has 0 bridgehead atoms. The van der Waals surface area contributed by atoms with Crippen LogP contribution in [0.3, 0.4) is 0 Å². The molecule has 0 aliphatic carbocycles. The van der Waals surface area contributed by atoms with Gasteiger partial charge in [0.1, 0.15) is 28.2 Å². The van der Waals surface area contributed by atoms with Crippen molar-refractivity contribution in [1.29, 1.82) is 10.5 Å². The van der Waals surface area contributed by atoms with E-state index in [1.165, 1.54) is 0 Å². The third kappa shape index (κ3) is 6.52. The smallest absolute Gasteiger partial charge is 0.235 e. The largest absolute Gasteiger partial charge is 0.389 e. The summed E-state index contributed by atoms with van der Waals surface area (Å²) in [5.74, 6) is 0.0140. The maximum absolute atomic E-state index is 12.4. The van der Waals surface area contributed by atoms with E-state index in [-0.39, 0.29) is 0 Å². The highest BCUT2D eigenvalue weighted by molar-refractivity contribution is 8.00. The van der Waals surface area contributed by atoms with Crippen molar-refractivity contribution in [2.45, 2.75) is 49.5 Å². The number of aliphatic hydroxyl groups is 1. The van der Waals surface area contributed by atoms with Gasteiger partial charge >= 0.3 is 0 Å². The molecule has 9 heteroatoms. The van der Waals surface area contributed by atoms with Gasteiger partial charge in [-0.2, -0.15) is 10.5 Å². The minimum atomic E-state index is -0.792. The Morgan fingerprint density at radius 1 is 1.17 bits per heavy atom. The molecule has 8 nitrogen and oxygen atoms in total. The summed E-state index contributed by atoms with van der Waals surface area (Å²) in [5.41, 5.74) is 7.04. The van der Waals surface area contributed by atoms with Crippen LogP contribution in [0.5, 0.6) is 0 Å². The Morgan fingerprint density at radius 2 is 1.86 bits per heavy atom. The predicted molar refractivity (Wildman–Crippen MR) is 137 cm³/mol. The number of carbonyl (C=O) groups is 1. The van der Waals surface area contributed by atoms with Crippen molar-refractivity contribution in [1.82, 2.24) is 9.88 Å². The van der Waals surface area contributed by atoms with E-state index in [2.05, 4.69) is 21.9 Å². The van der Waals surface area contributed by atoms with Crippen molar-refractivity contribution in [3.63, 3.8) is 0 Å². The van der Waals surface area contributed by atoms with Gasteiger partial charge in [-0.3, -0.25) is 9.69 Å². The third-order valence-corrected chi connectivity index (χ3v) is 7.17. The Labute approximate surface area is 211 Å². The van der Waals surface area contributed by atoms with Gasteiger partial charge in [0.25, 0.3) is 0 Å². The Morgan fingerprint density at radius 3 is 2.43 bits per heavy atom. The summed E-state index contributed by atoms with van der Waals surface area (Å²) in [7, 11) is 0. The van der Waals surface area contributed by atoms with Crippen molar-refractivity contribution in [2.75, 3.05) is 37.6 Å². The van der Waals surface area contributed by atoms with Gasteiger partial charge in [0.15, 0.2) is 0 Å². The number of pyridine rings is 1. The van der Waals surface area contributed by atoms with Crippen LogP contribution in [0.1, 0.15) is 54.7 Å². The zero-order chi connectivity index (χ0) is 25.6. The molecule has 0 spiro atoms. The first-order chi connectivity index (χ1) is 16.7. The first-order valence-corrected chi connectivity index (χ1v) is 12.6. The lowest BCUT2D eigenvalue weighted by molar-refractivity contribution is -0.117. The Balaban J connectivity index is 2.03. The van der Waals surface area contributed by atoms with Crippen LogP contribution in [0, 0.1) is 22.7 Å². The maximum Gasteiger partial charge on any atom is 0.235 e. The lowest BCUT2D eigenvalue weighted by Gasteiger charge is -2.28. The van der Waals surface area contributed by atoms with E-state index in [4.69, 9.17) is 10.7 Å². The van der Waals surface area contributed by atoms with Gasteiger partial charge in [-0.15, -0.1) is 0 Å². The lowest BCUT2D eigenvalue weighted by atomic mass is 10.0. The number of benzene rings is 1. The van der Waals surface area contributed by atoms with Gasteiger partial charge < -0.3 is 15.7 Å². The molecule has 2 aromatic rings. The van der Waals surface area contributed by atoms with Crippen LogP contribution in [0.2, 0.25) is 0 Å². The van der Waals surface area contributed by atoms with Crippen LogP contribution >= 0.6 is 11.8 Å². The van der Waals surface area contributed by atoms with E-state index in [1.807, 2.05) is 37.3 Å². The number of thioether (sulfide) groups is 1. The summed E-state index contributed by atoms with van der Waals surface area (Å²) >= 11 is 1.15. The highest BCUT2D eigenvalue weighted by atomic mass is 32.2. The SMILES string of the molecule is CCc1c(C#N)c(SC(C(N)=O)c2ccccc2)nc(N2CCCN(CC(C)(C)O)CC2)c1C#N. The Kier molecular flexibility index (Phi) is 8.74. The molecule has 2 heterocycles. The number of amides is 1. The van der Waals surface area contributed by atoms with Gasteiger partial charge in [0.2, 0.25) is 5.91 Å². The normalized spacial score (nSPS) is 15.7. The second kappa shape index (κ2) is 11.5. The van der Waals surface area contributed by atoms with Crippen molar-refractivity contribution in [3.8, 4) is 12.1 Å². The number of β-amino-alcohol motifs (C(OH)–C–C–N with tert-alkyl or cyclic N) is 1. The molecule has 1 aliphatic heterocycles. The molecule has 1 unspecified atom stereocenters. The van der Waals surface area contributed by atoms with Gasteiger partial charge in [0, 0.05) is 32.7 Å². The van der Waals surface area contributed by atoms with E-state index in [9.17, 15) is 20.4 Å². The molecule has 35 heavy (non-hydrogen) atoms. The van der Waals surface area contributed by atoms with E-state index in [0.717, 1.165) is 30.3 Å². The van der Waals surface area contributed by atoms with E-state index in [1.54, 1.807) is 13.8 Å². The number of hydrogen-bond donors (Lipinski definition) is 2. The average Bonchev–Trinajstić information content (AvgIpc) is 3.05. The van der Waals surface area contributed by atoms with Crippen LogP contribution < -0.4 is 10.6 Å². The van der Waals surface area contributed by atoms with Crippen molar-refractivity contribution in [3.05, 3.63) is 52.6 Å². The predicted octanol–water partition coefficient (Wildman–Crippen LogP) is 2.99. The molecule has 1 aromatic carbocycles. The number of hydrogen-bond acceptors (Lipinski definition) is 8. The van der Waals surface area contributed by atoms with Crippen LogP contribution in [-0.4, -0.2) is 59.2 Å². The molecule has 1 atom stereocenters. The summed E-state index contributed by atoms with van der Waals surface area (Å²) < 4.78 is 0. The molecule has 1 aromatic heterocycles. The molecule has 0 saturated carbocycles. The van der Waals surface area contributed by atoms with Crippen molar-refractivity contribution in [2.24, 2.45) is 5.73 Å². The highest BCUT2D eigenvalue weighted by Crippen LogP contribution is 2.39. The third-order valence-electron chi connectivity index (χ3n) is 5.91. The number of aromatic nitrogens is 1. The van der Waals surface area contributed by atoms with E-state index >= 15 is 0 Å². The Bertz CT molecular complexity index is 1130. The van der Waals surface area contributed by atoms with E-state index in [0.29, 0.717) is 60.1 Å². The molecule has 3 N–H and O–H groups in total. The first-order valence-electron chi connectivity index (χ1n) is 11.8. The minimum absolute atomic E-state index is 0.318. The summed E-state index contributed by atoms with van der Waals surface area (Å²) in [6.45, 7) is 8.94. The molecule has 1 saturated heterocycles. The fraction of sp³-hybridized carbons (Fsp3) is 0.462. The standard InChI is InChI=1S/C26H32N6O2S/c1-4-19-20(15-27)24(32-12-8-11-31(13-14-32)17-26(2,3)34)30-25(21(19)16-28)35-22(23(29)33)18-9-6-5-7-10-18/h5-7,9-10,22,34H,4,8,11-14,17H2,1-3H3,(H2,29,33). The zero-order valence-corrected chi connectivity index (χ0v) is 21.3. The van der Waals surface area contributed by atoms with Gasteiger partial charge in [0.05, 0.1) is 16.7 Å². The maximum atomic E-state index is 12.4. The molecular formula is C26H32N6O2S. The van der Waals surface area contributed by atoms with Gasteiger partial charge in [-0.05, 0) is 37.8 Å². The lowest BCUT2D eigenvalue weighted by Crippen LogP contribution is -2.40. The Hall–Kier alpha value is -3.11. The first kappa shape index (κ1) is 26.5. The van der Waals surface area contributed by atoms with Gasteiger partial charge in [-0.1, -0.05) is 49.0 Å². The summed E-state index contributed by atoms with van der Waals surface area (Å²) in [5, 5.41) is 30.0. The fourth-order valence-electron chi connectivity index (χ4n) is 4.42. The minimum Gasteiger partial charge on any atom is -0.389 e. The molecule has 3 rings (SSSR count). The molecule has 0 radical (unpaired) electrons. The highest BCUT2D eigenvalue weighted by Gasteiger charge is 2.28. The fourth-order valence-corrected chi connectivity index (χ4v) is 5.47. The van der Waals surface area contributed by atoms with Crippen LogP contribution in [0.4, 0.5) is 5.82 Å². The summed E-state index contributed by atoms with van der Waals surface area (Å²) in [4.78, 5) is 21.5. The number of nitriles is 2. The van der Waals surface area contributed by atoms with Gasteiger partial charge in [-0.25, -0.2) is 4.98 Å². The molecule has 1 amide bonds. The summed E-state index contributed by atoms with van der Waals surface area (Å²) in [6, 6.07) is 13.7. The monoisotopic (exact) mass is 492 g/mol. The second-order valence-electron chi connectivity index (χ2n) is 9.29. The summed E-state index contributed by atoms with van der Waals surface area (Å²) in [6.07, 6.45) is 1.33. The average molecular weight is 493 g/mol. The van der Waals surface area contributed by atoms with Crippen LogP contribution in [0.15, 0.2) is 35.4 Å². The zero-order valence-electron chi connectivity index (χ0n) is 20.5. The molecule has 1 fully saturated rings. The topological polar surface area (TPSA) is 130 Å². The van der Waals surface area contributed by atoms with Crippen LogP contribution in [0.25, 0.3) is 0 Å². The van der Waals surface area contributed by atoms with Crippen molar-refractivity contribution >= 4 is 23.5 Å².